The number of carbonyl (C=O) groups is 1. The van der Waals surface area contributed by atoms with Crippen molar-refractivity contribution in [2.24, 2.45) is 5.92 Å². The Morgan fingerprint density at radius 1 is 1.39 bits per heavy atom. The van der Waals surface area contributed by atoms with Crippen molar-refractivity contribution in [1.29, 1.82) is 0 Å². The molecular weight excluding hydrogens is 312 g/mol. The van der Waals surface area contributed by atoms with Crippen molar-refractivity contribution >= 4 is 17.5 Å². The largest absolute Gasteiger partial charge is 0.493 e. The number of hydrogen-bond acceptors (Lipinski definition) is 3. The number of ether oxygens (including phenoxy) is 1. The maximum Gasteiger partial charge on any atom is 0.257 e. The van der Waals surface area contributed by atoms with E-state index in [1.54, 1.807) is 18.2 Å². The third-order valence-electron chi connectivity index (χ3n) is 4.34. The molecule has 128 valence electrons. The highest BCUT2D eigenvalue weighted by Gasteiger charge is 2.25. The van der Waals surface area contributed by atoms with Crippen LogP contribution in [0.2, 0.25) is 5.02 Å². The quantitative estimate of drug-likeness (QED) is 0.826. The lowest BCUT2D eigenvalue weighted by Crippen LogP contribution is -2.39. The third kappa shape index (κ3) is 5.11. The SMILES string of the molecule is CCCOc1ccc(Cl)cc1C(=O)N1CCC(CCNC)CC1. The van der Waals surface area contributed by atoms with Gasteiger partial charge in [-0.15, -0.1) is 0 Å². The average Bonchev–Trinajstić information content (AvgIpc) is 2.58. The van der Waals surface area contributed by atoms with Crippen LogP contribution in [0.15, 0.2) is 18.2 Å². The Bertz CT molecular complexity index is 514. The zero-order chi connectivity index (χ0) is 16.7. The van der Waals surface area contributed by atoms with E-state index in [1.165, 1.54) is 6.42 Å². The minimum Gasteiger partial charge on any atom is -0.493 e. The van der Waals surface area contributed by atoms with Crippen molar-refractivity contribution in [3.05, 3.63) is 28.8 Å². The number of likely N-dealkylation sites (tertiary alicyclic amines) is 1. The number of nitrogens with one attached hydrogen (secondary N) is 1. The summed E-state index contributed by atoms with van der Waals surface area (Å²) in [6.45, 7) is 5.32. The first-order valence-electron chi connectivity index (χ1n) is 8.52. The summed E-state index contributed by atoms with van der Waals surface area (Å²) in [5.74, 6) is 1.38. The predicted molar refractivity (Wildman–Crippen MR) is 94.4 cm³/mol. The summed E-state index contributed by atoms with van der Waals surface area (Å²) >= 11 is 6.08. The molecule has 1 saturated heterocycles. The van der Waals surface area contributed by atoms with Gasteiger partial charge in [-0.2, -0.15) is 0 Å². The van der Waals surface area contributed by atoms with Crippen LogP contribution in [0.5, 0.6) is 5.75 Å². The fourth-order valence-corrected chi connectivity index (χ4v) is 3.12. The maximum absolute atomic E-state index is 12.8. The first kappa shape index (κ1) is 18.1. The molecule has 0 spiro atoms. The second-order valence-corrected chi connectivity index (χ2v) is 6.55. The van der Waals surface area contributed by atoms with Gasteiger partial charge in [0.05, 0.1) is 12.2 Å². The van der Waals surface area contributed by atoms with E-state index in [4.69, 9.17) is 16.3 Å². The zero-order valence-corrected chi connectivity index (χ0v) is 14.9. The van der Waals surface area contributed by atoms with Gasteiger partial charge in [-0.1, -0.05) is 18.5 Å². The molecule has 0 bridgehead atoms. The molecule has 1 amide bonds. The Kier molecular flexibility index (Phi) is 7.18. The van der Waals surface area contributed by atoms with Crippen LogP contribution in [-0.4, -0.2) is 44.1 Å². The molecule has 1 fully saturated rings. The van der Waals surface area contributed by atoms with Gasteiger partial charge in [-0.3, -0.25) is 4.79 Å². The van der Waals surface area contributed by atoms with Crippen LogP contribution in [0, 0.1) is 5.92 Å². The fraction of sp³-hybridized carbons (Fsp3) is 0.611. The molecule has 0 radical (unpaired) electrons. The van der Waals surface area contributed by atoms with E-state index >= 15 is 0 Å². The Hall–Kier alpha value is -1.26. The van der Waals surface area contributed by atoms with E-state index < -0.39 is 0 Å². The smallest absolute Gasteiger partial charge is 0.257 e. The molecule has 2 rings (SSSR count). The predicted octanol–water partition coefficient (Wildman–Crippen LogP) is 3.59. The van der Waals surface area contributed by atoms with Crippen LogP contribution in [0.25, 0.3) is 0 Å². The minimum absolute atomic E-state index is 0.0330. The van der Waals surface area contributed by atoms with Crippen LogP contribution in [0.3, 0.4) is 0 Å². The third-order valence-corrected chi connectivity index (χ3v) is 4.57. The molecule has 1 aromatic carbocycles. The van der Waals surface area contributed by atoms with E-state index in [1.807, 2.05) is 18.9 Å². The topological polar surface area (TPSA) is 41.6 Å². The highest BCUT2D eigenvalue weighted by atomic mass is 35.5. The van der Waals surface area contributed by atoms with Crippen molar-refractivity contribution in [2.75, 3.05) is 33.3 Å². The second kappa shape index (κ2) is 9.14. The summed E-state index contributed by atoms with van der Waals surface area (Å²) in [6.07, 6.45) is 4.23. The molecule has 0 saturated carbocycles. The molecule has 5 heteroatoms. The van der Waals surface area contributed by atoms with Gasteiger partial charge in [0.25, 0.3) is 5.91 Å². The van der Waals surface area contributed by atoms with Gasteiger partial charge in [-0.05, 0) is 63.4 Å². The minimum atomic E-state index is 0.0330. The van der Waals surface area contributed by atoms with Crippen LogP contribution in [0.1, 0.15) is 43.0 Å². The normalized spacial score (nSPS) is 15.7. The number of hydrogen-bond donors (Lipinski definition) is 1. The van der Waals surface area contributed by atoms with Gasteiger partial charge < -0.3 is 15.0 Å². The molecule has 23 heavy (non-hydrogen) atoms. The summed E-state index contributed by atoms with van der Waals surface area (Å²) in [7, 11) is 1.98. The lowest BCUT2D eigenvalue weighted by atomic mass is 9.93. The highest BCUT2D eigenvalue weighted by molar-refractivity contribution is 6.31. The lowest BCUT2D eigenvalue weighted by Gasteiger charge is -2.32. The fourth-order valence-electron chi connectivity index (χ4n) is 2.95. The van der Waals surface area contributed by atoms with Crippen molar-refractivity contribution in [1.82, 2.24) is 10.2 Å². The van der Waals surface area contributed by atoms with E-state index in [0.29, 0.717) is 28.9 Å². The van der Waals surface area contributed by atoms with Crippen LogP contribution in [-0.2, 0) is 0 Å². The van der Waals surface area contributed by atoms with Gasteiger partial charge in [-0.25, -0.2) is 0 Å². The molecule has 1 heterocycles. The number of halogens is 1. The van der Waals surface area contributed by atoms with Gasteiger partial charge in [0, 0.05) is 18.1 Å². The Morgan fingerprint density at radius 3 is 2.78 bits per heavy atom. The van der Waals surface area contributed by atoms with Crippen molar-refractivity contribution in [3.63, 3.8) is 0 Å². The molecule has 0 aliphatic carbocycles. The van der Waals surface area contributed by atoms with Gasteiger partial charge in [0.15, 0.2) is 0 Å². The molecular formula is C18H27ClN2O2. The number of nitrogens with zero attached hydrogens (tertiary/aromatic N) is 1. The molecule has 0 unspecified atom stereocenters. The molecule has 4 nitrogen and oxygen atoms in total. The standard InChI is InChI=1S/C18H27ClN2O2/c1-3-12-23-17-5-4-15(19)13-16(17)18(22)21-10-7-14(8-11-21)6-9-20-2/h4-5,13-14,20H,3,6-12H2,1-2H3. The summed E-state index contributed by atoms with van der Waals surface area (Å²) in [6, 6.07) is 5.29. The summed E-state index contributed by atoms with van der Waals surface area (Å²) in [5.41, 5.74) is 0.583. The first-order valence-corrected chi connectivity index (χ1v) is 8.89. The van der Waals surface area contributed by atoms with Gasteiger partial charge in [0.1, 0.15) is 5.75 Å². The first-order chi connectivity index (χ1) is 11.2. The van der Waals surface area contributed by atoms with E-state index in [9.17, 15) is 4.79 Å². The number of piperidine rings is 1. The van der Waals surface area contributed by atoms with E-state index in [0.717, 1.165) is 38.9 Å². The number of amides is 1. The lowest BCUT2D eigenvalue weighted by molar-refractivity contribution is 0.0682. The van der Waals surface area contributed by atoms with Crippen LogP contribution < -0.4 is 10.1 Å². The maximum atomic E-state index is 12.8. The Labute approximate surface area is 144 Å². The summed E-state index contributed by atoms with van der Waals surface area (Å²) in [4.78, 5) is 14.8. The monoisotopic (exact) mass is 338 g/mol. The zero-order valence-electron chi connectivity index (χ0n) is 14.1. The number of rotatable bonds is 7. The van der Waals surface area contributed by atoms with Gasteiger partial charge >= 0.3 is 0 Å². The van der Waals surface area contributed by atoms with E-state index in [2.05, 4.69) is 5.32 Å². The van der Waals surface area contributed by atoms with Crippen molar-refractivity contribution < 1.29 is 9.53 Å². The highest BCUT2D eigenvalue weighted by Crippen LogP contribution is 2.27. The Balaban J connectivity index is 2.01. The van der Waals surface area contributed by atoms with Crippen LogP contribution >= 0.6 is 11.6 Å². The molecule has 1 N–H and O–H groups in total. The second-order valence-electron chi connectivity index (χ2n) is 6.12. The summed E-state index contributed by atoms with van der Waals surface area (Å²) in [5, 5.41) is 3.77. The summed E-state index contributed by atoms with van der Waals surface area (Å²) < 4.78 is 5.71. The molecule has 1 aromatic rings. The number of benzene rings is 1. The van der Waals surface area contributed by atoms with Crippen molar-refractivity contribution in [3.8, 4) is 5.75 Å². The molecule has 0 atom stereocenters. The Morgan fingerprint density at radius 2 is 2.13 bits per heavy atom. The average molecular weight is 339 g/mol. The molecule has 1 aliphatic rings. The van der Waals surface area contributed by atoms with E-state index in [-0.39, 0.29) is 5.91 Å². The van der Waals surface area contributed by atoms with Gasteiger partial charge in [0.2, 0.25) is 0 Å². The molecule has 0 aromatic heterocycles. The van der Waals surface area contributed by atoms with Crippen LogP contribution in [0.4, 0.5) is 0 Å². The van der Waals surface area contributed by atoms with Crippen molar-refractivity contribution in [2.45, 2.75) is 32.6 Å². The number of carbonyl (C=O) groups excluding carboxylic acids is 1. The molecule has 1 aliphatic heterocycles.